The molecule has 2 nitrogen and oxygen atoms in total. The lowest BCUT2D eigenvalue weighted by molar-refractivity contribution is 0.0534. The zero-order valence-electron chi connectivity index (χ0n) is 12.8. The highest BCUT2D eigenvalue weighted by Gasteiger charge is 2.38. The molecule has 0 amide bonds. The van der Waals surface area contributed by atoms with Gasteiger partial charge in [-0.1, -0.05) is 32.6 Å². The predicted octanol–water partition coefficient (Wildman–Crippen LogP) is 3.28. The van der Waals surface area contributed by atoms with Crippen molar-refractivity contribution in [3.63, 3.8) is 0 Å². The molecule has 0 spiro atoms. The highest BCUT2D eigenvalue weighted by molar-refractivity contribution is 4.92. The zero-order valence-corrected chi connectivity index (χ0v) is 12.8. The number of nitrogens with one attached hydrogen (secondary N) is 1. The molecular formula is C17H32N2. The van der Waals surface area contributed by atoms with Crippen molar-refractivity contribution in [1.29, 1.82) is 0 Å². The fourth-order valence-electron chi connectivity index (χ4n) is 5.05. The highest BCUT2D eigenvalue weighted by Crippen LogP contribution is 2.38. The second-order valence-electron chi connectivity index (χ2n) is 7.51. The monoisotopic (exact) mass is 264 g/mol. The molecule has 3 aliphatic rings. The van der Waals surface area contributed by atoms with Crippen molar-refractivity contribution in [2.45, 2.75) is 58.3 Å². The van der Waals surface area contributed by atoms with Crippen LogP contribution in [0.5, 0.6) is 0 Å². The van der Waals surface area contributed by atoms with E-state index in [2.05, 4.69) is 17.1 Å². The summed E-state index contributed by atoms with van der Waals surface area (Å²) in [6.45, 7) is 9.04. The van der Waals surface area contributed by atoms with Gasteiger partial charge in [-0.2, -0.15) is 0 Å². The molecule has 1 aliphatic carbocycles. The van der Waals surface area contributed by atoms with Crippen LogP contribution in [0.15, 0.2) is 0 Å². The summed E-state index contributed by atoms with van der Waals surface area (Å²) < 4.78 is 0. The first-order valence-corrected chi connectivity index (χ1v) is 8.74. The summed E-state index contributed by atoms with van der Waals surface area (Å²) in [5.41, 5.74) is 0.607. The van der Waals surface area contributed by atoms with Crippen molar-refractivity contribution in [2.24, 2.45) is 17.3 Å². The lowest BCUT2D eigenvalue weighted by Gasteiger charge is -2.44. The van der Waals surface area contributed by atoms with E-state index in [9.17, 15) is 0 Å². The summed E-state index contributed by atoms with van der Waals surface area (Å²) in [6.07, 6.45) is 11.7. The molecule has 1 N–H and O–H groups in total. The molecular weight excluding hydrogens is 232 g/mol. The quantitative estimate of drug-likeness (QED) is 0.838. The van der Waals surface area contributed by atoms with Gasteiger partial charge in [-0.3, -0.25) is 0 Å². The molecule has 0 aromatic rings. The number of hydrogen-bond donors (Lipinski definition) is 1. The van der Waals surface area contributed by atoms with E-state index in [1.165, 1.54) is 84.1 Å². The van der Waals surface area contributed by atoms with Crippen molar-refractivity contribution >= 4 is 0 Å². The van der Waals surface area contributed by atoms with E-state index in [4.69, 9.17) is 0 Å². The van der Waals surface area contributed by atoms with Crippen LogP contribution in [0.25, 0.3) is 0 Å². The number of rotatable bonds is 4. The van der Waals surface area contributed by atoms with E-state index in [0.717, 1.165) is 11.8 Å². The summed E-state index contributed by atoms with van der Waals surface area (Å²) in [7, 11) is 0. The van der Waals surface area contributed by atoms with E-state index in [-0.39, 0.29) is 0 Å². The lowest BCUT2D eigenvalue weighted by Crippen LogP contribution is -2.47. The molecule has 2 heterocycles. The van der Waals surface area contributed by atoms with Crippen molar-refractivity contribution in [3.05, 3.63) is 0 Å². The van der Waals surface area contributed by atoms with Gasteiger partial charge in [0.25, 0.3) is 0 Å². The third-order valence-electron chi connectivity index (χ3n) is 6.05. The SMILES string of the molecule is CCCC1(CN2CCC3CCCCC3C2)CCNC1. The number of hydrogen-bond acceptors (Lipinski definition) is 2. The predicted molar refractivity (Wildman–Crippen MR) is 81.3 cm³/mol. The third-order valence-corrected chi connectivity index (χ3v) is 6.05. The number of fused-ring (bicyclic) bond motifs is 1. The Bertz CT molecular complexity index is 283. The van der Waals surface area contributed by atoms with Gasteiger partial charge in [0.2, 0.25) is 0 Å². The summed E-state index contributed by atoms with van der Waals surface area (Å²) in [5.74, 6) is 2.12. The Hall–Kier alpha value is -0.0800. The van der Waals surface area contributed by atoms with Crippen LogP contribution in [0.3, 0.4) is 0 Å². The summed E-state index contributed by atoms with van der Waals surface area (Å²) in [5, 5.41) is 3.62. The Morgan fingerprint density at radius 3 is 2.74 bits per heavy atom. The van der Waals surface area contributed by atoms with Crippen LogP contribution in [-0.2, 0) is 0 Å². The van der Waals surface area contributed by atoms with Crippen molar-refractivity contribution in [3.8, 4) is 0 Å². The largest absolute Gasteiger partial charge is 0.316 e. The normalized spacial score (nSPS) is 40.3. The fraction of sp³-hybridized carbons (Fsp3) is 1.00. The van der Waals surface area contributed by atoms with Gasteiger partial charge in [0.15, 0.2) is 0 Å². The first kappa shape index (κ1) is 13.9. The molecule has 0 aromatic heterocycles. The Morgan fingerprint density at radius 2 is 2.00 bits per heavy atom. The third kappa shape index (κ3) is 3.16. The molecule has 110 valence electrons. The number of likely N-dealkylation sites (tertiary alicyclic amines) is 1. The van der Waals surface area contributed by atoms with E-state index in [1.807, 2.05) is 0 Å². The molecule has 0 radical (unpaired) electrons. The first-order chi connectivity index (χ1) is 9.31. The van der Waals surface area contributed by atoms with Gasteiger partial charge in [0.05, 0.1) is 0 Å². The average Bonchev–Trinajstić information content (AvgIpc) is 2.87. The highest BCUT2D eigenvalue weighted by atomic mass is 15.2. The van der Waals surface area contributed by atoms with Gasteiger partial charge in [-0.25, -0.2) is 0 Å². The van der Waals surface area contributed by atoms with Crippen LogP contribution >= 0.6 is 0 Å². The molecule has 3 unspecified atom stereocenters. The van der Waals surface area contributed by atoms with E-state index in [1.54, 1.807) is 0 Å². The van der Waals surface area contributed by atoms with E-state index < -0.39 is 0 Å². The van der Waals surface area contributed by atoms with Gasteiger partial charge in [0, 0.05) is 19.6 Å². The van der Waals surface area contributed by atoms with Gasteiger partial charge in [-0.05, 0) is 56.0 Å². The Labute approximate surface area is 119 Å². The minimum atomic E-state index is 0.607. The van der Waals surface area contributed by atoms with Crippen LogP contribution < -0.4 is 5.32 Å². The molecule has 0 aromatic carbocycles. The Balaban J connectivity index is 1.57. The smallest absolute Gasteiger partial charge is 0.00507 e. The molecule has 3 rings (SSSR count). The van der Waals surface area contributed by atoms with Crippen molar-refractivity contribution in [1.82, 2.24) is 10.2 Å². The van der Waals surface area contributed by atoms with Gasteiger partial charge < -0.3 is 10.2 Å². The average molecular weight is 264 g/mol. The molecule has 3 fully saturated rings. The lowest BCUT2D eigenvalue weighted by atomic mass is 9.74. The summed E-state index contributed by atoms with van der Waals surface area (Å²) in [6, 6.07) is 0. The molecule has 3 atom stereocenters. The zero-order chi connectivity index (χ0) is 13.1. The summed E-state index contributed by atoms with van der Waals surface area (Å²) >= 11 is 0. The molecule has 19 heavy (non-hydrogen) atoms. The Morgan fingerprint density at radius 1 is 1.16 bits per heavy atom. The molecule has 1 saturated carbocycles. The molecule has 2 aliphatic heterocycles. The minimum Gasteiger partial charge on any atom is -0.316 e. The first-order valence-electron chi connectivity index (χ1n) is 8.74. The molecule has 0 bridgehead atoms. The van der Waals surface area contributed by atoms with Crippen LogP contribution in [0.2, 0.25) is 0 Å². The second kappa shape index (κ2) is 6.13. The van der Waals surface area contributed by atoms with Gasteiger partial charge >= 0.3 is 0 Å². The standard InChI is InChI=1S/C17H32N2/c1-2-8-17(9-10-18-13-17)14-19-11-7-15-5-3-4-6-16(15)12-19/h15-16,18H,2-14H2,1H3. The van der Waals surface area contributed by atoms with E-state index >= 15 is 0 Å². The van der Waals surface area contributed by atoms with Crippen LogP contribution in [0.4, 0.5) is 0 Å². The van der Waals surface area contributed by atoms with Crippen LogP contribution in [0.1, 0.15) is 58.3 Å². The number of nitrogens with zero attached hydrogens (tertiary/aromatic N) is 1. The topological polar surface area (TPSA) is 15.3 Å². The van der Waals surface area contributed by atoms with Crippen molar-refractivity contribution < 1.29 is 0 Å². The maximum atomic E-state index is 3.62. The van der Waals surface area contributed by atoms with Gasteiger partial charge in [-0.15, -0.1) is 0 Å². The maximum absolute atomic E-state index is 3.62. The Kier molecular flexibility index (Phi) is 4.48. The van der Waals surface area contributed by atoms with Crippen LogP contribution in [0, 0.1) is 17.3 Å². The maximum Gasteiger partial charge on any atom is 0.00507 e. The van der Waals surface area contributed by atoms with E-state index in [0.29, 0.717) is 5.41 Å². The second-order valence-corrected chi connectivity index (χ2v) is 7.51. The minimum absolute atomic E-state index is 0.607. The summed E-state index contributed by atoms with van der Waals surface area (Å²) in [4.78, 5) is 2.83. The van der Waals surface area contributed by atoms with Crippen molar-refractivity contribution in [2.75, 3.05) is 32.7 Å². The molecule has 2 saturated heterocycles. The molecule has 2 heteroatoms. The number of piperidine rings is 1. The van der Waals surface area contributed by atoms with Crippen LogP contribution in [-0.4, -0.2) is 37.6 Å². The fourth-order valence-corrected chi connectivity index (χ4v) is 5.05. The van der Waals surface area contributed by atoms with Gasteiger partial charge in [0.1, 0.15) is 0 Å².